The van der Waals surface area contributed by atoms with Crippen LogP contribution in [0.2, 0.25) is 0 Å². The number of phenolic OH excluding ortho intramolecular Hbond substituents is 1. The second kappa shape index (κ2) is 13.6. The Hall–Kier alpha value is -2.40. The minimum Gasteiger partial charge on any atom is -0.508 e. The number of nitrogens with zero attached hydrogens (tertiary/aromatic N) is 1. The average molecular weight is 758 g/mol. The first-order valence-electron chi connectivity index (χ1n) is 23.4. The molecular weight excluding hydrogens is 687 g/mol. The Morgan fingerprint density at radius 2 is 1.82 bits per heavy atom. The molecule has 1 saturated heterocycles. The molecule has 0 aromatic heterocycles. The number of aliphatic hydroxyl groups is 1. The van der Waals surface area contributed by atoms with Crippen molar-refractivity contribution < 1.29 is 14.9 Å². The number of hydrogen-bond donors (Lipinski definition) is 2. The fourth-order valence-electron chi connectivity index (χ4n) is 17.2. The molecule has 4 nitrogen and oxygen atoms in total. The molecule has 4 spiro atoms. The number of unbranched alkanes of at least 4 members (excludes halogenated alkanes) is 1. The molecule has 4 heteroatoms. The van der Waals surface area contributed by atoms with Crippen LogP contribution < -0.4 is 0 Å². The Balaban J connectivity index is 0.885. The molecule has 302 valence electrons. The zero-order chi connectivity index (χ0) is 38.6. The molecule has 5 fully saturated rings. The summed E-state index contributed by atoms with van der Waals surface area (Å²) >= 11 is 0. The van der Waals surface area contributed by atoms with Crippen molar-refractivity contribution in [3.8, 4) is 5.75 Å². The van der Waals surface area contributed by atoms with E-state index in [1.807, 2.05) is 17.7 Å². The largest absolute Gasteiger partial charge is 0.508 e. The lowest BCUT2D eigenvalue weighted by Crippen LogP contribution is -2.73. The zero-order valence-electron chi connectivity index (χ0n) is 35.3. The Kier molecular flexibility index (Phi) is 9.17. The monoisotopic (exact) mass is 758 g/mol. The first-order chi connectivity index (χ1) is 27.2. The van der Waals surface area contributed by atoms with Gasteiger partial charge in [-0.05, 0) is 172 Å². The minimum absolute atomic E-state index is 0.0131. The van der Waals surface area contributed by atoms with Gasteiger partial charge >= 0.3 is 0 Å². The predicted octanol–water partition coefficient (Wildman–Crippen LogP) is 12.1. The second-order valence-electron chi connectivity index (χ2n) is 21.0. The third-order valence-corrected chi connectivity index (χ3v) is 19.4. The maximum absolute atomic E-state index is 9.91. The van der Waals surface area contributed by atoms with Crippen molar-refractivity contribution in [3.63, 3.8) is 0 Å². The molecule has 56 heavy (non-hydrogen) atoms. The molecule has 0 radical (unpaired) electrons. The highest BCUT2D eigenvalue weighted by atomic mass is 16.5. The summed E-state index contributed by atoms with van der Waals surface area (Å²) < 4.78 is 6.65. The van der Waals surface area contributed by atoms with Crippen molar-refractivity contribution >= 4 is 10.8 Å². The van der Waals surface area contributed by atoms with E-state index >= 15 is 0 Å². The van der Waals surface area contributed by atoms with Crippen LogP contribution in [0.1, 0.15) is 148 Å². The smallest absolute Gasteiger partial charge is 0.116 e. The number of hydrogen-bond acceptors (Lipinski definition) is 4. The minimum atomic E-state index is 0.0131. The lowest BCUT2D eigenvalue weighted by atomic mass is 9.31. The topological polar surface area (TPSA) is 52.7 Å². The number of rotatable bonds is 13. The molecule has 2 aromatic rings. The van der Waals surface area contributed by atoms with Gasteiger partial charge in [-0.3, -0.25) is 4.90 Å². The quantitative estimate of drug-likeness (QED) is 0.121. The van der Waals surface area contributed by atoms with Gasteiger partial charge in [0.2, 0.25) is 0 Å². The second-order valence-corrected chi connectivity index (χ2v) is 21.0. The molecule has 2 heterocycles. The third kappa shape index (κ3) is 4.82. The van der Waals surface area contributed by atoms with Gasteiger partial charge in [-0.15, -0.1) is 0 Å². The SMILES string of the molecule is CC[C@H](CCCCOCC[C@@H]1CCC[C@]12C[C@@H](C)[C@]13CCC(C)=C1C[C@]21[C@@]2(C=CC[C@@]13C)C=C[C@H]1[C@@H](CCCO)CC[C@]13CN32)c1ccc2cc(O)ccc2c1. The Morgan fingerprint density at radius 1 is 0.964 bits per heavy atom. The summed E-state index contributed by atoms with van der Waals surface area (Å²) in [6.45, 7) is 13.8. The molecule has 8 aliphatic rings. The predicted molar refractivity (Wildman–Crippen MR) is 229 cm³/mol. The lowest BCUT2D eigenvalue weighted by Gasteiger charge is -2.74. The number of benzene rings is 2. The number of ether oxygens (including phenoxy) is 1. The maximum Gasteiger partial charge on any atom is 0.116 e. The van der Waals surface area contributed by atoms with Crippen LogP contribution in [0.25, 0.3) is 10.8 Å². The van der Waals surface area contributed by atoms with E-state index in [0.29, 0.717) is 40.6 Å². The molecule has 2 aromatic carbocycles. The van der Waals surface area contributed by atoms with Crippen molar-refractivity contribution in [2.45, 2.75) is 154 Å². The van der Waals surface area contributed by atoms with Crippen molar-refractivity contribution in [1.29, 1.82) is 0 Å². The van der Waals surface area contributed by atoms with Gasteiger partial charge < -0.3 is 14.9 Å². The summed E-state index contributed by atoms with van der Waals surface area (Å²) in [5, 5.41) is 22.0. The van der Waals surface area contributed by atoms with Crippen molar-refractivity contribution in [2.24, 2.45) is 45.3 Å². The van der Waals surface area contributed by atoms with Crippen LogP contribution in [0.4, 0.5) is 0 Å². The van der Waals surface area contributed by atoms with Gasteiger partial charge in [-0.1, -0.05) is 93.3 Å². The van der Waals surface area contributed by atoms with Gasteiger partial charge in [0.25, 0.3) is 0 Å². The number of aromatic hydroxyl groups is 1. The first-order valence-corrected chi connectivity index (χ1v) is 23.4. The molecule has 2 aliphatic heterocycles. The van der Waals surface area contributed by atoms with Crippen molar-refractivity contribution in [3.05, 3.63) is 77.4 Å². The van der Waals surface area contributed by atoms with Crippen LogP contribution in [0.15, 0.2) is 71.8 Å². The molecule has 1 unspecified atom stereocenters. The van der Waals surface area contributed by atoms with Crippen molar-refractivity contribution in [1.82, 2.24) is 4.90 Å². The third-order valence-electron chi connectivity index (χ3n) is 19.4. The molecule has 4 saturated carbocycles. The zero-order valence-corrected chi connectivity index (χ0v) is 35.3. The van der Waals surface area contributed by atoms with E-state index in [4.69, 9.17) is 4.74 Å². The van der Waals surface area contributed by atoms with Crippen LogP contribution in [-0.2, 0) is 4.74 Å². The van der Waals surface area contributed by atoms with Gasteiger partial charge in [0.1, 0.15) is 5.75 Å². The highest BCUT2D eigenvalue weighted by molar-refractivity contribution is 5.84. The fraction of sp³-hybridized carbons (Fsp3) is 0.692. The fourth-order valence-corrected chi connectivity index (χ4v) is 17.2. The van der Waals surface area contributed by atoms with Crippen LogP contribution in [0.5, 0.6) is 5.75 Å². The Labute approximate surface area is 338 Å². The highest BCUT2D eigenvalue weighted by Gasteiger charge is 2.87. The van der Waals surface area contributed by atoms with E-state index in [9.17, 15) is 10.2 Å². The van der Waals surface area contributed by atoms with Gasteiger partial charge in [0.05, 0.1) is 5.54 Å². The Morgan fingerprint density at radius 3 is 2.68 bits per heavy atom. The van der Waals surface area contributed by atoms with E-state index in [2.05, 4.69) is 75.1 Å². The normalized spacial score (nSPS) is 43.1. The number of fused-ring (bicyclic) bond motifs is 2. The number of aliphatic hydroxyl groups excluding tert-OH is 1. The summed E-state index contributed by atoms with van der Waals surface area (Å²) in [6, 6.07) is 12.5. The lowest BCUT2D eigenvalue weighted by molar-refractivity contribution is -0.231. The molecule has 10 rings (SSSR count). The van der Waals surface area contributed by atoms with Crippen LogP contribution >= 0.6 is 0 Å². The van der Waals surface area contributed by atoms with Crippen LogP contribution in [0, 0.1) is 45.3 Å². The van der Waals surface area contributed by atoms with Crippen LogP contribution in [0.3, 0.4) is 0 Å². The van der Waals surface area contributed by atoms with Crippen molar-refractivity contribution in [2.75, 3.05) is 26.4 Å². The van der Waals surface area contributed by atoms with Gasteiger partial charge in [0.15, 0.2) is 0 Å². The number of allylic oxidation sites excluding steroid dienone is 3. The summed E-state index contributed by atoms with van der Waals surface area (Å²) in [7, 11) is 0. The molecule has 6 aliphatic carbocycles. The van der Waals surface area contributed by atoms with E-state index in [1.165, 1.54) is 107 Å². The average Bonchev–Trinajstić information content (AvgIpc) is 3.36. The van der Waals surface area contributed by atoms with E-state index in [0.717, 1.165) is 55.6 Å². The van der Waals surface area contributed by atoms with E-state index in [1.54, 1.807) is 11.6 Å². The molecular formula is C52H71NO3. The van der Waals surface area contributed by atoms with Crippen LogP contribution in [-0.4, -0.2) is 52.6 Å². The maximum atomic E-state index is 9.91. The van der Waals surface area contributed by atoms with Gasteiger partial charge in [0, 0.05) is 42.7 Å². The highest BCUT2D eigenvalue weighted by Crippen LogP contribution is 2.90. The Bertz CT molecular complexity index is 1950. The molecule has 2 bridgehead atoms. The number of phenols is 1. The summed E-state index contributed by atoms with van der Waals surface area (Å²) in [5.41, 5.74) is 6.63. The van der Waals surface area contributed by atoms with Gasteiger partial charge in [-0.25, -0.2) is 0 Å². The van der Waals surface area contributed by atoms with Gasteiger partial charge in [-0.2, -0.15) is 0 Å². The summed E-state index contributed by atoms with van der Waals surface area (Å²) in [4.78, 5) is 3.12. The first kappa shape index (κ1) is 37.8. The summed E-state index contributed by atoms with van der Waals surface area (Å²) in [5.74, 6) is 3.77. The molecule has 2 N–H and O–H groups in total. The molecule has 12 atom stereocenters. The molecule has 0 amide bonds. The van der Waals surface area contributed by atoms with E-state index < -0.39 is 0 Å². The standard InChI is InChI=1S/C52H71NO3/c1-5-38(40-14-15-42-32-44(55)17-16-41(42)31-40)11-6-7-29-56-30-21-43-13-8-23-48(43)33-37(3)51-27-18-36(2)46(51)34-52(48)47(51,4)22-10-24-50(52)26-20-45-39(12-9-28-54)19-25-49(45)35-53(49)50/h10,14-17,20,24,26,31-32,37-39,43,45,54-55H,5-9,11-13,18-19,21-23,25,27-30,33-35H2,1-4H3/t37-,38-,39+,43+,45+,47-,48+,49+,50-,51-,52-,53?/m1/s1. The van der Waals surface area contributed by atoms with E-state index in [-0.39, 0.29) is 16.4 Å². The summed E-state index contributed by atoms with van der Waals surface area (Å²) in [6.07, 6.45) is 32.7.